The zero-order chi connectivity index (χ0) is 44.2. The summed E-state index contributed by atoms with van der Waals surface area (Å²) >= 11 is 0. The van der Waals surface area contributed by atoms with Gasteiger partial charge in [0.05, 0.1) is 18.1 Å². The maximum Gasteiger partial charge on any atom is 0.247 e. The monoisotopic (exact) mass is 841 g/mol. The molecule has 0 unspecified atom stereocenters. The Labute approximate surface area is 365 Å². The molecular weight excluding hydrogens is 783 g/mol. The molecule has 13 heteroatoms. The average Bonchev–Trinajstić information content (AvgIpc) is 4.00. The molecular formula is C49H59N7O6. The predicted octanol–water partition coefficient (Wildman–Crippen LogP) is 2.77. The highest BCUT2D eigenvalue weighted by molar-refractivity contribution is 5.96. The Bertz CT molecular complexity index is 2040. The number of hydrogen-bond donors (Lipinski definition) is 5. The Kier molecular flexibility index (Phi) is 15.9. The molecule has 5 N–H and O–H groups in total. The molecule has 2 aliphatic carbocycles. The molecule has 2 aliphatic heterocycles. The molecule has 0 saturated carbocycles. The smallest absolute Gasteiger partial charge is 0.247 e. The summed E-state index contributed by atoms with van der Waals surface area (Å²) < 4.78 is 0. The van der Waals surface area contributed by atoms with Gasteiger partial charge in [-0.15, -0.1) is 0 Å². The van der Waals surface area contributed by atoms with Crippen LogP contribution in [0.25, 0.3) is 0 Å². The van der Waals surface area contributed by atoms with E-state index in [1.807, 2.05) is 30.3 Å². The summed E-state index contributed by atoms with van der Waals surface area (Å²) in [6.07, 6.45) is 12.8. The van der Waals surface area contributed by atoms with Crippen molar-refractivity contribution >= 4 is 35.3 Å². The van der Waals surface area contributed by atoms with Gasteiger partial charge in [-0.1, -0.05) is 84.7 Å². The number of nitrogens with one attached hydrogen (secondary N) is 5. The summed E-state index contributed by atoms with van der Waals surface area (Å²) in [5, 5.41) is 14.5. The van der Waals surface area contributed by atoms with E-state index in [-0.39, 0.29) is 49.6 Å². The van der Waals surface area contributed by atoms with Crippen LogP contribution in [0, 0.1) is 23.7 Å². The van der Waals surface area contributed by atoms with Crippen molar-refractivity contribution < 1.29 is 28.8 Å². The molecule has 4 aliphatic rings. The lowest BCUT2D eigenvalue weighted by Crippen LogP contribution is -2.55. The Balaban J connectivity index is 1.12. The van der Waals surface area contributed by atoms with E-state index in [0.717, 1.165) is 44.1 Å². The largest absolute Gasteiger partial charge is 0.347 e. The third kappa shape index (κ3) is 11.1. The minimum Gasteiger partial charge on any atom is -0.347 e. The molecule has 0 radical (unpaired) electrons. The predicted molar refractivity (Wildman–Crippen MR) is 237 cm³/mol. The normalized spacial score (nSPS) is 21.7. The quantitative estimate of drug-likeness (QED) is 0.135. The zero-order valence-electron chi connectivity index (χ0n) is 36.2. The number of rotatable bonds is 15. The van der Waals surface area contributed by atoms with E-state index in [9.17, 15) is 28.8 Å². The minimum absolute atomic E-state index is 0.0496. The number of ketones is 1. The highest BCUT2D eigenvalue weighted by Gasteiger charge is 2.38. The fourth-order valence-electron chi connectivity index (χ4n) is 8.65. The SMILES string of the molecule is CN[C@@H](C)C(=O)N[C@@H](CC#CC#CC[C@H](NC(=O)[C@H](C)NC)C(=O)N1CC=C[C@H]1C(=O)N[C@@H]1CCCc2ccccc21)C(=O)N1CC=C[C@H]1C(=O)C[C@@H]1CCCc2ccccc21. The van der Waals surface area contributed by atoms with E-state index in [1.165, 1.54) is 26.5 Å². The van der Waals surface area contributed by atoms with Crippen LogP contribution in [0.15, 0.2) is 72.8 Å². The van der Waals surface area contributed by atoms with Crippen LogP contribution in [0.4, 0.5) is 0 Å². The first-order valence-corrected chi connectivity index (χ1v) is 21.8. The third-order valence-corrected chi connectivity index (χ3v) is 12.4. The molecule has 6 rings (SSSR count). The minimum atomic E-state index is -1.07. The summed E-state index contributed by atoms with van der Waals surface area (Å²) in [4.78, 5) is 84.7. The van der Waals surface area contributed by atoms with Gasteiger partial charge in [0.15, 0.2) is 5.78 Å². The highest BCUT2D eigenvalue weighted by Crippen LogP contribution is 2.35. The molecule has 62 heavy (non-hydrogen) atoms. The molecule has 5 amide bonds. The first-order chi connectivity index (χ1) is 30.0. The van der Waals surface area contributed by atoms with E-state index in [4.69, 9.17) is 0 Å². The highest BCUT2D eigenvalue weighted by atomic mass is 16.2. The molecule has 8 atom stereocenters. The topological polar surface area (TPSA) is 169 Å². The molecule has 2 heterocycles. The fourth-order valence-corrected chi connectivity index (χ4v) is 8.65. The molecule has 13 nitrogen and oxygen atoms in total. The summed E-state index contributed by atoms with van der Waals surface area (Å²) in [5.74, 6) is 9.35. The van der Waals surface area contributed by atoms with Gasteiger partial charge in [-0.05, 0) is 106 Å². The Morgan fingerprint density at radius 2 is 1.18 bits per heavy atom. The molecule has 326 valence electrons. The Hall–Kier alpha value is -6.02. The molecule has 0 aromatic heterocycles. The van der Waals surface area contributed by atoms with E-state index < -0.39 is 59.9 Å². The number of hydrogen-bond acceptors (Lipinski definition) is 8. The average molecular weight is 842 g/mol. The van der Waals surface area contributed by atoms with Gasteiger partial charge < -0.3 is 36.4 Å². The van der Waals surface area contributed by atoms with Gasteiger partial charge in [0.25, 0.3) is 0 Å². The number of carbonyl (C=O) groups excluding carboxylic acids is 6. The summed E-state index contributed by atoms with van der Waals surface area (Å²) in [6, 6.07) is 11.2. The molecule has 2 aromatic carbocycles. The lowest BCUT2D eigenvalue weighted by Gasteiger charge is -2.31. The number of amides is 5. The molecule has 2 aromatic rings. The van der Waals surface area contributed by atoms with Crippen LogP contribution in [0.2, 0.25) is 0 Å². The first-order valence-electron chi connectivity index (χ1n) is 21.8. The number of fused-ring (bicyclic) bond motifs is 2. The van der Waals surface area contributed by atoms with Gasteiger partial charge in [0.2, 0.25) is 29.5 Å². The van der Waals surface area contributed by atoms with Crippen molar-refractivity contribution in [3.05, 3.63) is 95.1 Å². The van der Waals surface area contributed by atoms with E-state index in [1.54, 1.807) is 52.2 Å². The second-order valence-corrected chi connectivity index (χ2v) is 16.5. The maximum absolute atomic E-state index is 14.1. The fraction of sp³-hybridized carbons (Fsp3) is 0.469. The molecule has 0 spiro atoms. The van der Waals surface area contributed by atoms with Crippen LogP contribution in [0.3, 0.4) is 0 Å². The van der Waals surface area contributed by atoms with E-state index in [2.05, 4.69) is 68.5 Å². The van der Waals surface area contributed by atoms with E-state index >= 15 is 0 Å². The van der Waals surface area contributed by atoms with E-state index in [0.29, 0.717) is 6.42 Å². The molecule has 0 fully saturated rings. The Morgan fingerprint density at radius 1 is 0.677 bits per heavy atom. The van der Waals surface area contributed by atoms with Gasteiger partial charge in [0, 0.05) is 32.4 Å². The summed E-state index contributed by atoms with van der Waals surface area (Å²) in [6.45, 7) is 3.77. The van der Waals surface area contributed by atoms with Crippen LogP contribution in [-0.2, 0) is 41.6 Å². The zero-order valence-corrected chi connectivity index (χ0v) is 36.2. The number of Topliss-reactive ketones (excluding diaryl/α,β-unsaturated/α-hetero) is 1. The molecule has 0 saturated heterocycles. The second-order valence-electron chi connectivity index (χ2n) is 16.5. The van der Waals surface area contributed by atoms with Crippen LogP contribution in [0.1, 0.15) is 93.0 Å². The lowest BCUT2D eigenvalue weighted by atomic mass is 9.79. The van der Waals surface area contributed by atoms with Crippen LogP contribution in [-0.4, -0.2) is 109 Å². The van der Waals surface area contributed by atoms with Gasteiger partial charge in [-0.3, -0.25) is 28.8 Å². The van der Waals surface area contributed by atoms with Crippen molar-refractivity contribution in [2.24, 2.45) is 0 Å². The second kappa shape index (κ2) is 21.7. The van der Waals surface area contributed by atoms with Gasteiger partial charge in [-0.25, -0.2) is 0 Å². The summed E-state index contributed by atoms with van der Waals surface area (Å²) in [5.41, 5.74) is 4.76. The molecule has 0 bridgehead atoms. The number of likely N-dealkylation sites (N-methyl/N-ethyl adjacent to an activating group) is 2. The standard InChI is InChI=1S/C49H59N7O6/c1-32(50-3)45(58)53-40(48(61)55-29-15-27-42(55)44(57)31-36-21-13-19-34-17-9-11-22-37(34)36)24-7-5-6-8-25-41(54-46(59)33(2)51-4)49(62)56-30-16-28-43(56)47(60)52-39-26-14-20-35-18-10-12-23-38(35)39/h9-12,15-18,22-23,27-28,32-33,36,39-43,50-51H,13-14,19-21,24-26,29-31H2,1-4H3,(H,52,60)(H,53,58)(H,54,59)/t32-,33-,36-,39+,40-,41-,42-,43-/m0/s1. The van der Waals surface area contributed by atoms with Gasteiger partial charge in [0.1, 0.15) is 24.2 Å². The number of nitrogens with zero attached hydrogens (tertiary/aromatic N) is 2. The summed E-state index contributed by atoms with van der Waals surface area (Å²) in [7, 11) is 3.28. The van der Waals surface area contributed by atoms with Crippen molar-refractivity contribution in [3.8, 4) is 23.7 Å². The lowest BCUT2D eigenvalue weighted by molar-refractivity contribution is -0.141. The maximum atomic E-state index is 14.1. The van der Waals surface area contributed by atoms with Gasteiger partial charge in [-0.2, -0.15) is 0 Å². The number of carbonyl (C=O) groups is 6. The number of aryl methyl sites for hydroxylation is 2. The first kappa shape index (κ1) is 45.5. The van der Waals surface area contributed by atoms with Crippen molar-refractivity contribution in [1.29, 1.82) is 0 Å². The van der Waals surface area contributed by atoms with Crippen LogP contribution >= 0.6 is 0 Å². The third-order valence-electron chi connectivity index (χ3n) is 12.4. The Morgan fingerprint density at radius 3 is 1.76 bits per heavy atom. The van der Waals surface area contributed by atoms with Crippen molar-refractivity contribution in [1.82, 2.24) is 36.4 Å². The van der Waals surface area contributed by atoms with Crippen molar-refractivity contribution in [2.45, 2.75) is 120 Å². The van der Waals surface area contributed by atoms with Crippen molar-refractivity contribution in [2.75, 3.05) is 27.2 Å². The number of benzene rings is 2. The van der Waals surface area contributed by atoms with Gasteiger partial charge >= 0.3 is 0 Å². The van der Waals surface area contributed by atoms with Crippen LogP contribution in [0.5, 0.6) is 0 Å². The van der Waals surface area contributed by atoms with Crippen molar-refractivity contribution in [3.63, 3.8) is 0 Å². The van der Waals surface area contributed by atoms with Crippen LogP contribution < -0.4 is 26.6 Å².